The first-order valence-corrected chi connectivity index (χ1v) is 5.60. The van der Waals surface area contributed by atoms with E-state index in [0.29, 0.717) is 10.9 Å². The monoisotopic (exact) mass is 262 g/mol. The number of thiocarbonyl (C=S) groups is 1. The van der Waals surface area contributed by atoms with Gasteiger partial charge in [-0.25, -0.2) is 14.4 Å². The third kappa shape index (κ3) is 2.60. The molecular formula is C12H11FN4S. The van der Waals surface area contributed by atoms with Gasteiger partial charge in [0.2, 0.25) is 5.95 Å². The molecular weight excluding hydrogens is 251 g/mol. The molecule has 0 aliphatic rings. The summed E-state index contributed by atoms with van der Waals surface area (Å²) in [4.78, 5) is 9.89. The lowest BCUT2D eigenvalue weighted by molar-refractivity contribution is 0.613. The summed E-state index contributed by atoms with van der Waals surface area (Å²) in [5.74, 6) is -0.0459. The quantitative estimate of drug-likeness (QED) is 0.858. The van der Waals surface area contributed by atoms with Crippen LogP contribution in [0, 0.1) is 5.82 Å². The molecule has 0 unspecified atom stereocenters. The van der Waals surface area contributed by atoms with Crippen LogP contribution in [0.4, 0.5) is 16.0 Å². The summed E-state index contributed by atoms with van der Waals surface area (Å²) >= 11 is 4.88. The molecule has 0 saturated heterocycles. The number of hydrogen-bond acceptors (Lipinski definition) is 4. The lowest BCUT2D eigenvalue weighted by Crippen LogP contribution is -2.14. The van der Waals surface area contributed by atoms with Gasteiger partial charge in [0.05, 0.1) is 12.4 Å². The van der Waals surface area contributed by atoms with Crippen LogP contribution in [-0.2, 0) is 0 Å². The molecule has 0 amide bonds. The van der Waals surface area contributed by atoms with Gasteiger partial charge in [0.1, 0.15) is 4.99 Å². The van der Waals surface area contributed by atoms with Crippen LogP contribution in [0.1, 0.15) is 5.56 Å². The first-order valence-electron chi connectivity index (χ1n) is 5.19. The number of benzene rings is 1. The van der Waals surface area contributed by atoms with E-state index in [1.807, 2.05) is 24.3 Å². The highest BCUT2D eigenvalue weighted by atomic mass is 32.1. The zero-order chi connectivity index (χ0) is 13.1. The summed E-state index contributed by atoms with van der Waals surface area (Å²) in [7, 11) is 1.79. The molecule has 0 bridgehead atoms. The minimum absolute atomic E-state index is 0.349. The lowest BCUT2D eigenvalue weighted by Gasteiger charge is -2.16. The minimum Gasteiger partial charge on any atom is -0.389 e. The molecule has 2 rings (SSSR count). The molecule has 0 atom stereocenters. The van der Waals surface area contributed by atoms with Crippen molar-refractivity contribution in [1.82, 2.24) is 9.97 Å². The van der Waals surface area contributed by atoms with Gasteiger partial charge in [-0.1, -0.05) is 12.2 Å². The van der Waals surface area contributed by atoms with Gasteiger partial charge in [-0.2, -0.15) is 0 Å². The average molecular weight is 262 g/mol. The van der Waals surface area contributed by atoms with E-state index in [-0.39, 0.29) is 0 Å². The third-order valence-corrected chi connectivity index (χ3v) is 2.68. The lowest BCUT2D eigenvalue weighted by atomic mass is 10.2. The fourth-order valence-electron chi connectivity index (χ4n) is 1.44. The SMILES string of the molecule is CN(c1ccc(C(N)=S)cc1)c1ncc(F)cn1. The van der Waals surface area contributed by atoms with Gasteiger partial charge in [0, 0.05) is 18.3 Å². The van der Waals surface area contributed by atoms with Crippen LogP contribution >= 0.6 is 12.2 Å². The molecule has 1 aromatic carbocycles. The molecule has 0 aliphatic heterocycles. The molecule has 6 heteroatoms. The second kappa shape index (κ2) is 5.05. The van der Waals surface area contributed by atoms with E-state index in [9.17, 15) is 4.39 Å². The summed E-state index contributed by atoms with van der Waals surface area (Å²) < 4.78 is 12.7. The maximum atomic E-state index is 12.7. The Labute approximate surface area is 109 Å². The van der Waals surface area contributed by atoms with Crippen LogP contribution in [-0.4, -0.2) is 22.0 Å². The van der Waals surface area contributed by atoms with Gasteiger partial charge >= 0.3 is 0 Å². The van der Waals surface area contributed by atoms with Crippen LogP contribution in [0.5, 0.6) is 0 Å². The maximum absolute atomic E-state index is 12.7. The van der Waals surface area contributed by atoms with E-state index in [1.54, 1.807) is 11.9 Å². The summed E-state index contributed by atoms with van der Waals surface area (Å²) in [6, 6.07) is 7.33. The molecule has 0 fully saturated rings. The van der Waals surface area contributed by atoms with Crippen molar-refractivity contribution in [3.8, 4) is 0 Å². The molecule has 1 aromatic heterocycles. The first-order chi connectivity index (χ1) is 8.58. The largest absolute Gasteiger partial charge is 0.389 e. The van der Waals surface area contributed by atoms with Crippen molar-refractivity contribution in [2.75, 3.05) is 11.9 Å². The number of halogens is 1. The van der Waals surface area contributed by atoms with Gasteiger partial charge in [0.25, 0.3) is 0 Å². The summed E-state index contributed by atoms with van der Waals surface area (Å²) in [5, 5.41) is 0. The zero-order valence-electron chi connectivity index (χ0n) is 9.67. The summed E-state index contributed by atoms with van der Waals surface area (Å²) in [5.41, 5.74) is 7.18. The molecule has 4 nitrogen and oxygen atoms in total. The fourth-order valence-corrected chi connectivity index (χ4v) is 1.58. The van der Waals surface area contributed by atoms with Crippen molar-refractivity contribution in [2.45, 2.75) is 0 Å². The highest BCUT2D eigenvalue weighted by Gasteiger charge is 2.07. The number of aromatic nitrogens is 2. The van der Waals surface area contributed by atoms with Crippen molar-refractivity contribution >= 4 is 28.8 Å². The Hall–Kier alpha value is -2.08. The van der Waals surface area contributed by atoms with E-state index in [2.05, 4.69) is 9.97 Å². The van der Waals surface area contributed by atoms with Gasteiger partial charge in [-0.3, -0.25) is 0 Å². The Morgan fingerprint density at radius 1 is 1.22 bits per heavy atom. The molecule has 2 aromatic rings. The smallest absolute Gasteiger partial charge is 0.229 e. The van der Waals surface area contributed by atoms with Gasteiger partial charge < -0.3 is 10.6 Å². The van der Waals surface area contributed by atoms with E-state index in [0.717, 1.165) is 23.6 Å². The van der Waals surface area contributed by atoms with Crippen molar-refractivity contribution in [3.63, 3.8) is 0 Å². The molecule has 0 radical (unpaired) electrons. The molecule has 2 N–H and O–H groups in total. The van der Waals surface area contributed by atoms with Crippen molar-refractivity contribution in [3.05, 3.63) is 48.0 Å². The molecule has 92 valence electrons. The predicted octanol–water partition coefficient (Wildman–Crippen LogP) is 2.02. The normalized spacial score (nSPS) is 10.1. The first kappa shape index (κ1) is 12.4. The van der Waals surface area contributed by atoms with Gasteiger partial charge in [0.15, 0.2) is 5.82 Å². The van der Waals surface area contributed by atoms with Crippen molar-refractivity contribution in [1.29, 1.82) is 0 Å². The second-order valence-electron chi connectivity index (χ2n) is 3.67. The number of rotatable bonds is 3. The molecule has 0 aliphatic carbocycles. The average Bonchev–Trinajstić information content (AvgIpc) is 2.39. The molecule has 0 spiro atoms. The second-order valence-corrected chi connectivity index (χ2v) is 4.11. The van der Waals surface area contributed by atoms with Crippen LogP contribution in [0.3, 0.4) is 0 Å². The van der Waals surface area contributed by atoms with Crippen LogP contribution in [0.2, 0.25) is 0 Å². The van der Waals surface area contributed by atoms with E-state index in [1.165, 1.54) is 0 Å². The van der Waals surface area contributed by atoms with Crippen LogP contribution in [0.15, 0.2) is 36.7 Å². The molecule has 0 saturated carbocycles. The van der Waals surface area contributed by atoms with Crippen LogP contribution < -0.4 is 10.6 Å². The topological polar surface area (TPSA) is 55.0 Å². The Morgan fingerprint density at radius 3 is 2.28 bits per heavy atom. The van der Waals surface area contributed by atoms with Gasteiger partial charge in [-0.15, -0.1) is 0 Å². The summed E-state index contributed by atoms with van der Waals surface area (Å²) in [6.45, 7) is 0. The summed E-state index contributed by atoms with van der Waals surface area (Å²) in [6.07, 6.45) is 2.25. The standard InChI is InChI=1S/C12H11FN4S/c1-17(12-15-6-9(13)7-16-12)10-4-2-8(3-5-10)11(14)18/h2-7H,1H3,(H2,14,18). The zero-order valence-corrected chi connectivity index (χ0v) is 10.5. The molecule has 1 heterocycles. The van der Waals surface area contributed by atoms with Crippen LogP contribution in [0.25, 0.3) is 0 Å². The third-order valence-electron chi connectivity index (χ3n) is 2.45. The van der Waals surface area contributed by atoms with Gasteiger partial charge in [-0.05, 0) is 24.3 Å². The minimum atomic E-state index is -0.462. The number of hydrogen-bond donors (Lipinski definition) is 1. The molecule has 18 heavy (non-hydrogen) atoms. The Balaban J connectivity index is 2.25. The Bertz CT molecular complexity index is 553. The van der Waals surface area contributed by atoms with E-state index >= 15 is 0 Å². The Kier molecular flexibility index (Phi) is 3.47. The van der Waals surface area contributed by atoms with Crippen molar-refractivity contribution in [2.24, 2.45) is 5.73 Å². The highest BCUT2D eigenvalue weighted by molar-refractivity contribution is 7.80. The maximum Gasteiger partial charge on any atom is 0.229 e. The Morgan fingerprint density at radius 2 is 1.78 bits per heavy atom. The number of nitrogens with zero attached hydrogens (tertiary/aromatic N) is 3. The number of nitrogens with two attached hydrogens (primary N) is 1. The fraction of sp³-hybridized carbons (Fsp3) is 0.0833. The van der Waals surface area contributed by atoms with E-state index < -0.39 is 5.82 Å². The van der Waals surface area contributed by atoms with Crippen molar-refractivity contribution < 1.29 is 4.39 Å². The predicted molar refractivity (Wildman–Crippen MR) is 72.4 cm³/mol. The number of anilines is 2. The highest BCUT2D eigenvalue weighted by Crippen LogP contribution is 2.19. The van der Waals surface area contributed by atoms with E-state index in [4.69, 9.17) is 18.0 Å².